The van der Waals surface area contributed by atoms with Crippen molar-refractivity contribution in [2.75, 3.05) is 44.2 Å². The van der Waals surface area contributed by atoms with Crippen molar-refractivity contribution in [3.05, 3.63) is 28.2 Å². The molecule has 5 nitrogen and oxygen atoms in total. The Labute approximate surface area is 229 Å². The summed E-state index contributed by atoms with van der Waals surface area (Å²) >= 11 is 12.4. The van der Waals surface area contributed by atoms with E-state index in [9.17, 15) is 4.79 Å². The third-order valence-electron chi connectivity index (χ3n) is 9.28. The molecule has 8 heteroatoms. The minimum absolute atomic E-state index is 0.150. The lowest BCUT2D eigenvalue weighted by molar-refractivity contribution is -0.134. The summed E-state index contributed by atoms with van der Waals surface area (Å²) < 4.78 is 6.97. The SMILES string of the molecule is CCC1C(=O)N(CCCN2CCC3(CC3)[C@H](O[Si](C)(C)C(C)(C)C)C2)CCN1c1ccc(Cl)c(Cl)c1. The normalized spacial score (nSPS) is 25.1. The van der Waals surface area contributed by atoms with Crippen molar-refractivity contribution in [2.45, 2.75) is 90.1 Å². The highest BCUT2D eigenvalue weighted by Gasteiger charge is 2.54. The number of anilines is 1. The third kappa shape index (κ3) is 5.93. The molecule has 1 amide bonds. The molecular weight excluding hydrogens is 509 g/mol. The Hall–Kier alpha value is -0.793. The Kier molecular flexibility index (Phi) is 8.44. The first-order valence-corrected chi connectivity index (χ1v) is 17.4. The average molecular weight is 555 g/mol. The van der Waals surface area contributed by atoms with Gasteiger partial charge in [0.2, 0.25) is 5.91 Å². The molecule has 0 radical (unpaired) electrons. The van der Waals surface area contributed by atoms with Crippen LogP contribution in [0.15, 0.2) is 18.2 Å². The largest absolute Gasteiger partial charge is 0.412 e. The van der Waals surface area contributed by atoms with E-state index < -0.39 is 8.32 Å². The van der Waals surface area contributed by atoms with Gasteiger partial charge < -0.3 is 19.1 Å². The average Bonchev–Trinajstić information content (AvgIpc) is 3.58. The molecule has 2 heterocycles. The number of halogens is 2. The van der Waals surface area contributed by atoms with Gasteiger partial charge in [0, 0.05) is 31.9 Å². The van der Waals surface area contributed by atoms with E-state index in [1.165, 1.54) is 19.3 Å². The number of benzene rings is 1. The standard InChI is InChI=1S/C28H45Cl2N3O2Si/c1-7-24-26(34)32(17-18-33(24)21-9-10-22(29)23(30)19-21)15-8-14-31-16-13-28(11-12-28)25(20-31)35-36(5,6)27(2,3)4/h9-10,19,24-25H,7-8,11-18,20H2,1-6H3/t24?,25-/m1/s1. The van der Waals surface area contributed by atoms with Crippen molar-refractivity contribution in [1.82, 2.24) is 9.80 Å². The van der Waals surface area contributed by atoms with Crippen LogP contribution in [-0.4, -0.2) is 75.4 Å². The minimum Gasteiger partial charge on any atom is -0.412 e. The molecule has 1 aromatic carbocycles. The van der Waals surface area contributed by atoms with Crippen LogP contribution in [0.5, 0.6) is 0 Å². The van der Waals surface area contributed by atoms with Gasteiger partial charge in [0.05, 0.1) is 16.1 Å². The highest BCUT2D eigenvalue weighted by atomic mass is 35.5. The summed E-state index contributed by atoms with van der Waals surface area (Å²) in [5.74, 6) is 0.226. The first-order chi connectivity index (χ1) is 16.9. The monoisotopic (exact) mass is 553 g/mol. The van der Waals surface area contributed by atoms with Gasteiger partial charge in [-0.3, -0.25) is 4.79 Å². The fraction of sp³-hybridized carbons (Fsp3) is 0.750. The van der Waals surface area contributed by atoms with Crippen molar-refractivity contribution < 1.29 is 9.22 Å². The number of carbonyl (C=O) groups is 1. The second-order valence-electron chi connectivity index (χ2n) is 12.7. The van der Waals surface area contributed by atoms with E-state index in [0.717, 1.165) is 57.8 Å². The van der Waals surface area contributed by atoms with Crippen LogP contribution in [0.3, 0.4) is 0 Å². The summed E-state index contributed by atoms with van der Waals surface area (Å²) in [6.45, 7) is 19.5. The van der Waals surface area contributed by atoms with E-state index in [1.807, 2.05) is 18.2 Å². The molecule has 3 aliphatic rings. The number of carbonyl (C=O) groups excluding carboxylic acids is 1. The molecule has 2 aliphatic heterocycles. The van der Waals surface area contributed by atoms with Gasteiger partial charge in [-0.05, 0) is 86.9 Å². The van der Waals surface area contributed by atoms with Crippen LogP contribution in [0.25, 0.3) is 0 Å². The van der Waals surface area contributed by atoms with Crippen LogP contribution in [0.1, 0.15) is 59.8 Å². The quantitative estimate of drug-likeness (QED) is 0.336. The molecular formula is C28H45Cl2N3O2Si. The van der Waals surface area contributed by atoms with Gasteiger partial charge in [-0.25, -0.2) is 0 Å². The first kappa shape index (κ1) is 28.2. The number of nitrogens with zero attached hydrogens (tertiary/aromatic N) is 3. The minimum atomic E-state index is -1.79. The van der Waals surface area contributed by atoms with Crippen molar-refractivity contribution in [3.8, 4) is 0 Å². The Balaban J connectivity index is 1.30. The lowest BCUT2D eigenvalue weighted by Gasteiger charge is -2.46. The fourth-order valence-corrected chi connectivity index (χ4v) is 7.29. The fourth-order valence-electron chi connectivity index (χ4n) is 5.60. The number of piperidine rings is 1. The number of amides is 1. The number of hydrogen-bond acceptors (Lipinski definition) is 4. The lowest BCUT2D eigenvalue weighted by atomic mass is 9.90. The number of piperazine rings is 1. The van der Waals surface area contributed by atoms with Crippen LogP contribution in [0.2, 0.25) is 28.2 Å². The van der Waals surface area contributed by atoms with Gasteiger partial charge in [-0.15, -0.1) is 0 Å². The highest BCUT2D eigenvalue weighted by molar-refractivity contribution is 6.74. The molecule has 0 N–H and O–H groups in total. The Morgan fingerprint density at radius 2 is 1.78 bits per heavy atom. The Morgan fingerprint density at radius 3 is 2.39 bits per heavy atom. The first-order valence-electron chi connectivity index (χ1n) is 13.8. The molecule has 1 saturated carbocycles. The van der Waals surface area contributed by atoms with Crippen LogP contribution in [-0.2, 0) is 9.22 Å². The van der Waals surface area contributed by atoms with Gasteiger partial charge in [-0.1, -0.05) is 50.9 Å². The molecule has 1 unspecified atom stereocenters. The van der Waals surface area contributed by atoms with Gasteiger partial charge >= 0.3 is 0 Å². The summed E-state index contributed by atoms with van der Waals surface area (Å²) in [5.41, 5.74) is 1.41. The summed E-state index contributed by atoms with van der Waals surface area (Å²) in [5, 5.41) is 1.31. The Morgan fingerprint density at radius 1 is 1.06 bits per heavy atom. The van der Waals surface area contributed by atoms with Crippen LogP contribution >= 0.6 is 23.2 Å². The summed E-state index contributed by atoms with van der Waals surface area (Å²) in [6.07, 6.45) is 6.07. The van der Waals surface area contributed by atoms with Crippen molar-refractivity contribution in [2.24, 2.45) is 5.41 Å². The van der Waals surface area contributed by atoms with Crippen molar-refractivity contribution in [3.63, 3.8) is 0 Å². The zero-order chi connectivity index (χ0) is 26.3. The molecule has 4 rings (SSSR count). The van der Waals surface area contributed by atoms with Crippen LogP contribution in [0.4, 0.5) is 5.69 Å². The molecule has 202 valence electrons. The number of likely N-dealkylation sites (tertiary alicyclic amines) is 1. The Bertz CT molecular complexity index is 947. The van der Waals surface area contributed by atoms with Gasteiger partial charge in [0.15, 0.2) is 8.32 Å². The second-order valence-corrected chi connectivity index (χ2v) is 18.2. The van der Waals surface area contributed by atoms with Gasteiger partial charge in [0.1, 0.15) is 6.04 Å². The molecule has 2 saturated heterocycles. The maximum Gasteiger partial charge on any atom is 0.245 e. The maximum atomic E-state index is 13.4. The summed E-state index contributed by atoms with van der Waals surface area (Å²) in [7, 11) is -1.79. The van der Waals surface area contributed by atoms with E-state index in [1.54, 1.807) is 0 Å². The van der Waals surface area contributed by atoms with Gasteiger partial charge in [0.25, 0.3) is 0 Å². The zero-order valence-electron chi connectivity index (χ0n) is 23.1. The predicted molar refractivity (Wildman–Crippen MR) is 154 cm³/mol. The molecule has 0 bridgehead atoms. The number of hydrogen-bond donors (Lipinski definition) is 0. The van der Waals surface area contributed by atoms with Crippen LogP contribution < -0.4 is 4.90 Å². The topological polar surface area (TPSA) is 36.0 Å². The molecule has 1 aromatic rings. The van der Waals surface area contributed by atoms with E-state index in [-0.39, 0.29) is 17.0 Å². The number of rotatable bonds is 8. The lowest BCUT2D eigenvalue weighted by Crippen LogP contribution is -2.57. The van der Waals surface area contributed by atoms with Crippen LogP contribution in [0, 0.1) is 5.41 Å². The molecule has 1 aliphatic carbocycles. The van der Waals surface area contributed by atoms with Gasteiger partial charge in [-0.2, -0.15) is 0 Å². The third-order valence-corrected chi connectivity index (χ3v) is 14.5. The molecule has 0 aromatic heterocycles. The molecule has 2 atom stereocenters. The van der Waals surface area contributed by atoms with Crippen molar-refractivity contribution >= 4 is 43.1 Å². The highest BCUT2D eigenvalue weighted by Crippen LogP contribution is 2.56. The van der Waals surface area contributed by atoms with E-state index >= 15 is 0 Å². The molecule has 1 spiro atoms. The maximum absolute atomic E-state index is 13.4. The molecule has 3 fully saturated rings. The summed E-state index contributed by atoms with van der Waals surface area (Å²) in [4.78, 5) is 20.2. The van der Waals surface area contributed by atoms with E-state index in [4.69, 9.17) is 27.6 Å². The summed E-state index contributed by atoms with van der Waals surface area (Å²) in [6, 6.07) is 5.50. The molecule has 36 heavy (non-hydrogen) atoms. The van der Waals surface area contributed by atoms with E-state index in [0.29, 0.717) is 21.6 Å². The second kappa shape index (κ2) is 10.8. The van der Waals surface area contributed by atoms with E-state index in [2.05, 4.69) is 55.5 Å². The van der Waals surface area contributed by atoms with Crippen molar-refractivity contribution in [1.29, 1.82) is 0 Å². The smallest absolute Gasteiger partial charge is 0.245 e. The predicted octanol–water partition coefficient (Wildman–Crippen LogP) is 6.69. The zero-order valence-corrected chi connectivity index (χ0v) is 25.6.